The van der Waals surface area contributed by atoms with Crippen molar-refractivity contribution >= 4 is 33.1 Å². The third kappa shape index (κ3) is 4.15. The molecule has 2 aliphatic carbocycles. The summed E-state index contributed by atoms with van der Waals surface area (Å²) in [5, 5.41) is 14.6. The van der Waals surface area contributed by atoms with E-state index in [0.29, 0.717) is 11.5 Å². The molecule has 170 valence electrons. The minimum atomic E-state index is -0.296. The lowest BCUT2D eigenvalue weighted by atomic mass is 9.74. The highest BCUT2D eigenvalue weighted by Crippen LogP contribution is 2.42. The molecule has 0 heterocycles. The summed E-state index contributed by atoms with van der Waals surface area (Å²) in [4.78, 5) is 11.2. The van der Waals surface area contributed by atoms with E-state index >= 15 is 0 Å². The topological polar surface area (TPSA) is 46.5 Å². The van der Waals surface area contributed by atoms with E-state index in [4.69, 9.17) is 0 Å². The van der Waals surface area contributed by atoms with Crippen LogP contribution >= 0.6 is 0 Å². The largest absolute Gasteiger partial charge is 0.465 e. The van der Waals surface area contributed by atoms with Crippen molar-refractivity contribution in [2.45, 2.75) is 19.3 Å². The Morgan fingerprint density at radius 1 is 0.941 bits per heavy atom. The molecule has 0 saturated heterocycles. The summed E-state index contributed by atoms with van der Waals surface area (Å²) in [6.07, 6.45) is 7.70. The number of benzene rings is 4. The molecule has 0 amide bonds. The van der Waals surface area contributed by atoms with Gasteiger partial charge in [0.2, 0.25) is 0 Å². The van der Waals surface area contributed by atoms with Crippen molar-refractivity contribution < 1.29 is 14.6 Å². The number of carbonyl (C=O) groups excluding carboxylic acids is 1. The predicted molar refractivity (Wildman–Crippen MR) is 139 cm³/mol. The van der Waals surface area contributed by atoms with E-state index in [-0.39, 0.29) is 12.6 Å². The van der Waals surface area contributed by atoms with Crippen LogP contribution in [-0.4, -0.2) is 24.8 Å². The maximum atomic E-state index is 11.2. The molecule has 0 aliphatic heterocycles. The summed E-state index contributed by atoms with van der Waals surface area (Å²) < 4.78 is 4.65. The number of carbonyl (C=O) groups is 1. The van der Waals surface area contributed by atoms with E-state index < -0.39 is 0 Å². The number of methoxy groups -OCH3 is 1. The van der Waals surface area contributed by atoms with Crippen LogP contribution in [-0.2, 0) is 11.2 Å². The van der Waals surface area contributed by atoms with E-state index in [9.17, 15) is 9.90 Å². The van der Waals surface area contributed by atoms with Crippen LogP contribution in [0.4, 0.5) is 0 Å². The average molecular weight is 449 g/mol. The lowest BCUT2D eigenvalue weighted by molar-refractivity contribution is 0.0601. The molecule has 6 rings (SSSR count). The smallest absolute Gasteiger partial charge is 0.337 e. The molecule has 0 saturated carbocycles. The van der Waals surface area contributed by atoms with Crippen LogP contribution in [0.15, 0.2) is 96.6 Å². The van der Waals surface area contributed by atoms with Gasteiger partial charge < -0.3 is 9.84 Å². The number of aliphatic hydroxyl groups excluding tert-OH is 1. The third-order valence-electron chi connectivity index (χ3n) is 6.88. The van der Waals surface area contributed by atoms with Crippen molar-refractivity contribution in [3.63, 3.8) is 0 Å². The minimum Gasteiger partial charge on any atom is -0.465 e. The maximum Gasteiger partial charge on any atom is 0.337 e. The van der Waals surface area contributed by atoms with Crippen molar-refractivity contribution in [1.29, 1.82) is 0 Å². The Kier molecular flexibility index (Phi) is 6.29. The van der Waals surface area contributed by atoms with Gasteiger partial charge in [0.15, 0.2) is 0 Å². The standard InChI is InChI=1S/C19H18O.C12H10O2/c20-12-14-11-19-15-6-2-1-5-13(15)9-10-18(19)17-8-4-3-7-16(14)17;1-14-12(13)11-7-6-9-4-2-3-5-10(9)8-11/h1-2,4-6,8-10,14,20H,3,7,11-12H2;2-8H,1H3. The highest BCUT2D eigenvalue weighted by atomic mass is 16.5. The lowest BCUT2D eigenvalue weighted by Gasteiger charge is -2.31. The molecule has 3 nitrogen and oxygen atoms in total. The molecule has 1 unspecified atom stereocenters. The Morgan fingerprint density at radius 2 is 1.68 bits per heavy atom. The molecule has 4 aromatic rings. The fraction of sp³-hybridized carbons (Fsp3) is 0.194. The van der Waals surface area contributed by atoms with Crippen LogP contribution in [0.25, 0.3) is 27.1 Å². The average Bonchev–Trinajstić information content (AvgIpc) is 2.92. The van der Waals surface area contributed by atoms with Crippen LogP contribution < -0.4 is 0 Å². The van der Waals surface area contributed by atoms with E-state index in [1.54, 1.807) is 6.07 Å². The molecule has 3 heteroatoms. The third-order valence-corrected chi connectivity index (χ3v) is 6.88. The van der Waals surface area contributed by atoms with Gasteiger partial charge in [-0.05, 0) is 69.6 Å². The number of ether oxygens (including phenoxy) is 1. The first-order chi connectivity index (χ1) is 16.7. The van der Waals surface area contributed by atoms with Crippen molar-refractivity contribution in [2.24, 2.45) is 5.92 Å². The van der Waals surface area contributed by atoms with Crippen LogP contribution in [0.1, 0.15) is 34.3 Å². The number of hydrogen-bond acceptors (Lipinski definition) is 3. The number of allylic oxidation sites excluding steroid dienone is 3. The first-order valence-corrected chi connectivity index (χ1v) is 11.8. The molecule has 0 radical (unpaired) electrons. The van der Waals surface area contributed by atoms with Gasteiger partial charge in [-0.25, -0.2) is 4.79 Å². The van der Waals surface area contributed by atoms with Gasteiger partial charge in [0.05, 0.1) is 12.7 Å². The molecule has 0 spiro atoms. The zero-order valence-corrected chi connectivity index (χ0v) is 19.3. The van der Waals surface area contributed by atoms with E-state index in [2.05, 4.69) is 53.3 Å². The molecule has 1 N–H and O–H groups in total. The minimum absolute atomic E-state index is 0.259. The predicted octanol–water partition coefficient (Wildman–Crippen LogP) is 6.73. The zero-order chi connectivity index (χ0) is 23.5. The van der Waals surface area contributed by atoms with Gasteiger partial charge in [0, 0.05) is 12.5 Å². The Hall–Kier alpha value is -3.69. The number of hydrogen-bond donors (Lipinski definition) is 1. The highest BCUT2D eigenvalue weighted by Gasteiger charge is 2.27. The lowest BCUT2D eigenvalue weighted by Crippen LogP contribution is -2.20. The van der Waals surface area contributed by atoms with Gasteiger partial charge >= 0.3 is 5.97 Å². The summed E-state index contributed by atoms with van der Waals surface area (Å²) in [7, 11) is 1.39. The normalized spacial score (nSPS) is 16.5. The molecule has 0 bridgehead atoms. The summed E-state index contributed by atoms with van der Waals surface area (Å²) >= 11 is 0. The van der Waals surface area contributed by atoms with Gasteiger partial charge in [0.25, 0.3) is 0 Å². The monoisotopic (exact) mass is 448 g/mol. The Labute approximate surface area is 200 Å². The molecule has 0 fully saturated rings. The van der Waals surface area contributed by atoms with Crippen LogP contribution in [0.2, 0.25) is 0 Å². The summed E-state index contributed by atoms with van der Waals surface area (Å²) in [6, 6.07) is 26.5. The van der Waals surface area contributed by atoms with Gasteiger partial charge in [0.1, 0.15) is 0 Å². The fourth-order valence-corrected chi connectivity index (χ4v) is 5.16. The maximum absolute atomic E-state index is 11.2. The van der Waals surface area contributed by atoms with Crippen molar-refractivity contribution in [1.82, 2.24) is 0 Å². The molecule has 2 aliphatic rings. The molecule has 34 heavy (non-hydrogen) atoms. The second-order valence-electron chi connectivity index (χ2n) is 8.83. The van der Waals surface area contributed by atoms with Gasteiger partial charge in [-0.1, -0.05) is 84.5 Å². The number of rotatable bonds is 2. The second-order valence-corrected chi connectivity index (χ2v) is 8.83. The first-order valence-electron chi connectivity index (χ1n) is 11.8. The summed E-state index contributed by atoms with van der Waals surface area (Å²) in [5.74, 6) is 0.00371. The first kappa shape index (κ1) is 22.1. The Bertz CT molecular complexity index is 1430. The Balaban J connectivity index is 0.000000152. The van der Waals surface area contributed by atoms with E-state index in [0.717, 1.165) is 30.0 Å². The molecule has 0 aromatic heterocycles. The number of aliphatic hydroxyl groups is 1. The highest BCUT2D eigenvalue weighted by molar-refractivity contribution is 5.95. The SMILES string of the molecule is COC(=O)c1ccc2ccccc2c1.OCC1Cc2c(ccc3ccccc23)C2=C1CCC=C2. The number of fused-ring (bicyclic) bond motifs is 5. The Morgan fingerprint density at radius 3 is 2.47 bits per heavy atom. The molecule has 1 atom stereocenters. The fourth-order valence-electron chi connectivity index (χ4n) is 5.16. The summed E-state index contributed by atoms with van der Waals surface area (Å²) in [5.41, 5.74) is 6.19. The van der Waals surface area contributed by atoms with Gasteiger partial charge in [-0.2, -0.15) is 0 Å². The van der Waals surface area contributed by atoms with Crippen LogP contribution in [0, 0.1) is 5.92 Å². The zero-order valence-electron chi connectivity index (χ0n) is 19.3. The summed E-state index contributed by atoms with van der Waals surface area (Å²) in [6.45, 7) is 0.259. The van der Waals surface area contributed by atoms with Gasteiger partial charge in [-0.15, -0.1) is 0 Å². The van der Waals surface area contributed by atoms with E-state index in [1.807, 2.05) is 36.4 Å². The molecule has 4 aromatic carbocycles. The van der Waals surface area contributed by atoms with Gasteiger partial charge in [-0.3, -0.25) is 0 Å². The van der Waals surface area contributed by atoms with Crippen LogP contribution in [0.3, 0.4) is 0 Å². The quantitative estimate of drug-likeness (QED) is 0.346. The molecular weight excluding hydrogens is 420 g/mol. The van der Waals surface area contributed by atoms with Crippen molar-refractivity contribution in [3.05, 3.63) is 113 Å². The van der Waals surface area contributed by atoms with Crippen LogP contribution in [0.5, 0.6) is 0 Å². The number of esters is 1. The second kappa shape index (κ2) is 9.66. The van der Waals surface area contributed by atoms with Crippen molar-refractivity contribution in [2.75, 3.05) is 13.7 Å². The molecular formula is C31H28O3. The van der Waals surface area contributed by atoms with E-state index in [1.165, 1.54) is 40.2 Å². The van der Waals surface area contributed by atoms with Crippen molar-refractivity contribution in [3.8, 4) is 0 Å².